The Morgan fingerprint density at radius 3 is 1.22 bits per heavy atom. The predicted octanol–water partition coefficient (Wildman–Crippen LogP) is 0.780. The highest BCUT2D eigenvalue weighted by Gasteiger charge is 2.35. The van der Waals surface area contributed by atoms with Crippen molar-refractivity contribution in [2.24, 2.45) is 11.5 Å². The standard InChI is InChI=1S/C38H73N7O10.2C2H4O2/c1-4-5-6-7-8-9-10-11-12-13-14-15-16-22-31(49)41-28(20-17-18-23-39)35(51)44-33(27(3)48)37(53)45-32(26(2)47)36(52)42-29(21-19-24-40)34(50)43-30(25-46)38(54)55;2*1-2(3)4/h26-30,32-33,46-48H,4-25,39-40H2,1-3H3,(H,41,49)(H,42,52)(H,43,50)(H,44,51)(H,45,53)(H,54,55);2*1H3,(H,3,4)/t26-,27-,28+,29+,30+,32+,33+;;/m1../s1. The van der Waals surface area contributed by atoms with E-state index in [1.807, 2.05) is 0 Å². The van der Waals surface area contributed by atoms with Crippen molar-refractivity contribution in [2.75, 3.05) is 19.7 Å². The molecule has 0 aliphatic heterocycles. The van der Waals surface area contributed by atoms with Gasteiger partial charge >= 0.3 is 5.97 Å². The molecule has 0 spiro atoms. The van der Waals surface area contributed by atoms with Gasteiger partial charge in [0.05, 0.1) is 18.8 Å². The highest BCUT2D eigenvalue weighted by molar-refractivity contribution is 5.96. The van der Waals surface area contributed by atoms with Crippen LogP contribution in [0.4, 0.5) is 0 Å². The lowest BCUT2D eigenvalue weighted by atomic mass is 10.0. The van der Waals surface area contributed by atoms with E-state index in [0.29, 0.717) is 25.8 Å². The van der Waals surface area contributed by atoms with E-state index in [1.54, 1.807) is 0 Å². The molecular formula is C42H81N7O14. The predicted molar refractivity (Wildman–Crippen MR) is 236 cm³/mol. The Labute approximate surface area is 372 Å². The maximum absolute atomic E-state index is 13.4. The zero-order valence-corrected chi connectivity index (χ0v) is 38.2. The molecule has 0 radical (unpaired) electrons. The average Bonchev–Trinajstić information content (AvgIpc) is 3.19. The van der Waals surface area contributed by atoms with Crippen molar-refractivity contribution in [2.45, 2.75) is 199 Å². The lowest BCUT2D eigenvalue weighted by Crippen LogP contribution is -2.62. The van der Waals surface area contributed by atoms with Gasteiger partial charge in [-0.25, -0.2) is 4.79 Å². The minimum Gasteiger partial charge on any atom is -0.481 e. The first-order valence-corrected chi connectivity index (χ1v) is 22.2. The van der Waals surface area contributed by atoms with Crippen molar-refractivity contribution in [3.05, 3.63) is 0 Å². The molecule has 63 heavy (non-hydrogen) atoms. The van der Waals surface area contributed by atoms with Crippen LogP contribution in [-0.2, 0) is 38.4 Å². The van der Waals surface area contributed by atoms with Crippen LogP contribution in [0.15, 0.2) is 0 Å². The van der Waals surface area contributed by atoms with E-state index in [-0.39, 0.29) is 38.1 Å². The normalized spacial score (nSPS) is 13.9. The van der Waals surface area contributed by atoms with Crippen LogP contribution in [0.1, 0.15) is 157 Å². The molecule has 0 aliphatic carbocycles. The number of aliphatic carboxylic acids is 3. The number of nitrogens with two attached hydrogens (primary N) is 2. The van der Waals surface area contributed by atoms with Gasteiger partial charge in [-0.1, -0.05) is 84.0 Å². The largest absolute Gasteiger partial charge is 0.481 e. The van der Waals surface area contributed by atoms with Crippen LogP contribution in [0.2, 0.25) is 0 Å². The van der Waals surface area contributed by atoms with Crippen LogP contribution in [0, 0.1) is 0 Å². The summed E-state index contributed by atoms with van der Waals surface area (Å²) in [6, 6.07) is -7.29. The zero-order chi connectivity index (χ0) is 48.8. The number of rotatable bonds is 34. The maximum Gasteiger partial charge on any atom is 0.328 e. The van der Waals surface area contributed by atoms with Gasteiger partial charge in [0.15, 0.2) is 0 Å². The van der Waals surface area contributed by atoms with E-state index in [4.69, 9.17) is 31.3 Å². The minimum absolute atomic E-state index is 0.0324. The number of carbonyl (C=O) groups excluding carboxylic acids is 5. The number of aliphatic hydroxyl groups excluding tert-OH is 3. The molecule has 0 fully saturated rings. The summed E-state index contributed by atoms with van der Waals surface area (Å²) in [5, 5.41) is 66.2. The number of carbonyl (C=O) groups is 8. The van der Waals surface area contributed by atoms with E-state index in [0.717, 1.165) is 33.1 Å². The molecule has 0 saturated carbocycles. The monoisotopic (exact) mass is 908 g/mol. The van der Waals surface area contributed by atoms with E-state index < -0.39 is 90.6 Å². The van der Waals surface area contributed by atoms with Gasteiger partial charge in [-0.3, -0.25) is 33.6 Å². The summed E-state index contributed by atoms with van der Waals surface area (Å²) in [7, 11) is 0. The number of unbranched alkanes of at least 4 members (excludes halogenated alkanes) is 13. The summed E-state index contributed by atoms with van der Waals surface area (Å²) < 4.78 is 0. The van der Waals surface area contributed by atoms with Gasteiger partial charge < -0.3 is 68.7 Å². The van der Waals surface area contributed by atoms with Gasteiger partial charge in [0.2, 0.25) is 29.5 Å². The molecule has 5 amide bonds. The molecule has 0 saturated heterocycles. The van der Waals surface area contributed by atoms with Crippen molar-refractivity contribution in [1.82, 2.24) is 26.6 Å². The van der Waals surface area contributed by atoms with Crippen molar-refractivity contribution in [3.8, 4) is 0 Å². The number of hydrogen-bond acceptors (Lipinski definition) is 13. The molecule has 0 aliphatic rings. The van der Waals surface area contributed by atoms with E-state index in [9.17, 15) is 49.2 Å². The van der Waals surface area contributed by atoms with Gasteiger partial charge in [0.25, 0.3) is 11.9 Å². The van der Waals surface area contributed by atoms with Crippen LogP contribution < -0.4 is 38.1 Å². The van der Waals surface area contributed by atoms with E-state index >= 15 is 0 Å². The molecule has 0 heterocycles. The summed E-state index contributed by atoms with van der Waals surface area (Å²) in [6.07, 6.45) is 13.9. The highest BCUT2D eigenvalue weighted by atomic mass is 16.4. The van der Waals surface area contributed by atoms with Crippen LogP contribution in [0.25, 0.3) is 0 Å². The highest BCUT2D eigenvalue weighted by Crippen LogP contribution is 2.13. The van der Waals surface area contributed by atoms with Crippen LogP contribution in [0.5, 0.6) is 0 Å². The molecule has 21 nitrogen and oxygen atoms in total. The summed E-state index contributed by atoms with van der Waals surface area (Å²) in [6.45, 7) is 6.42. The first-order chi connectivity index (χ1) is 29.7. The first-order valence-electron chi connectivity index (χ1n) is 22.2. The lowest BCUT2D eigenvalue weighted by Gasteiger charge is -2.29. The molecular weight excluding hydrogens is 826 g/mol. The smallest absolute Gasteiger partial charge is 0.328 e. The quantitative estimate of drug-likeness (QED) is 0.0397. The average molecular weight is 908 g/mol. The van der Waals surface area contributed by atoms with E-state index in [2.05, 4.69) is 33.5 Å². The summed E-state index contributed by atoms with van der Waals surface area (Å²) in [5.74, 6) is -7.21. The Morgan fingerprint density at radius 1 is 0.476 bits per heavy atom. The Hall–Kier alpha value is -4.44. The topological polar surface area (TPSA) is 370 Å². The minimum atomic E-state index is -1.67. The number of amides is 5. The van der Waals surface area contributed by atoms with Crippen LogP contribution in [-0.4, -0.2) is 140 Å². The lowest BCUT2D eigenvalue weighted by molar-refractivity contribution is -0.143. The molecule has 0 rings (SSSR count). The second kappa shape index (κ2) is 40.3. The second-order valence-corrected chi connectivity index (χ2v) is 15.5. The third-order valence-electron chi connectivity index (χ3n) is 9.36. The number of carboxylic acid groups (broad SMARTS) is 3. The number of hydrogen-bond donors (Lipinski definition) is 13. The SMILES string of the molecule is CC(=O)O.CC(=O)O.CCCCCCCCCCCCCCCC(=O)N[C@@H](CCCCN)C(=O)N[C@H](C(=O)N[C@H](C(=O)N[C@@H](CCCN)C(=O)N[C@@H](CO)C(=O)O)[C@@H](C)O)[C@@H](C)O. The zero-order valence-electron chi connectivity index (χ0n) is 38.2. The number of nitrogens with one attached hydrogen (secondary N) is 5. The number of aliphatic hydroxyl groups is 3. The molecule has 15 N–H and O–H groups in total. The molecule has 0 bridgehead atoms. The fraction of sp³-hybridized carbons (Fsp3) is 0.810. The first kappa shape index (κ1) is 62.9. The maximum atomic E-state index is 13.4. The fourth-order valence-corrected chi connectivity index (χ4v) is 5.95. The molecule has 0 unspecified atom stereocenters. The van der Waals surface area contributed by atoms with Gasteiger partial charge in [-0.05, 0) is 65.5 Å². The van der Waals surface area contributed by atoms with Crippen LogP contribution in [0.3, 0.4) is 0 Å². The molecule has 368 valence electrons. The fourth-order valence-electron chi connectivity index (χ4n) is 5.95. The molecule has 0 aromatic rings. The molecule has 0 aromatic carbocycles. The van der Waals surface area contributed by atoms with Gasteiger partial charge in [0, 0.05) is 20.3 Å². The Bertz CT molecular complexity index is 1290. The third-order valence-corrected chi connectivity index (χ3v) is 9.36. The Balaban J connectivity index is -0.00000411. The van der Waals surface area contributed by atoms with Crippen molar-refractivity contribution < 1.29 is 69.0 Å². The van der Waals surface area contributed by atoms with Crippen LogP contribution >= 0.6 is 0 Å². The molecule has 21 heteroatoms. The molecule has 0 aromatic heterocycles. The van der Waals surface area contributed by atoms with Gasteiger partial charge in [-0.2, -0.15) is 0 Å². The Morgan fingerprint density at radius 2 is 0.825 bits per heavy atom. The summed E-state index contributed by atoms with van der Waals surface area (Å²) in [5.41, 5.74) is 11.2. The second-order valence-electron chi connectivity index (χ2n) is 15.5. The van der Waals surface area contributed by atoms with Gasteiger partial charge in [-0.15, -0.1) is 0 Å². The van der Waals surface area contributed by atoms with Crippen molar-refractivity contribution in [1.29, 1.82) is 0 Å². The molecule has 7 atom stereocenters. The van der Waals surface area contributed by atoms with Gasteiger partial charge in [0.1, 0.15) is 30.2 Å². The summed E-state index contributed by atoms with van der Waals surface area (Å²) >= 11 is 0. The van der Waals surface area contributed by atoms with Crippen molar-refractivity contribution in [3.63, 3.8) is 0 Å². The third kappa shape index (κ3) is 36.7. The Kier molecular flexibility index (Phi) is 40.2. The van der Waals surface area contributed by atoms with Crippen molar-refractivity contribution >= 4 is 47.4 Å². The van der Waals surface area contributed by atoms with E-state index in [1.165, 1.54) is 71.6 Å². The summed E-state index contributed by atoms with van der Waals surface area (Å²) in [4.78, 5) is 95.0. The number of carboxylic acids is 3.